The SMILES string of the molecule is Cc1cc(CO)cnc1N(CCC#N)c1ccccc1. The van der Waals surface area contributed by atoms with Crippen molar-refractivity contribution in [3.8, 4) is 6.07 Å². The van der Waals surface area contributed by atoms with Crippen molar-refractivity contribution < 1.29 is 5.11 Å². The van der Waals surface area contributed by atoms with Crippen LogP contribution in [0.25, 0.3) is 0 Å². The van der Waals surface area contributed by atoms with Gasteiger partial charge in [-0.25, -0.2) is 4.98 Å². The summed E-state index contributed by atoms with van der Waals surface area (Å²) >= 11 is 0. The summed E-state index contributed by atoms with van der Waals surface area (Å²) in [6.07, 6.45) is 2.10. The second-order valence-corrected chi connectivity index (χ2v) is 4.54. The molecular formula is C16H17N3O. The van der Waals surface area contributed by atoms with Crippen LogP contribution < -0.4 is 4.90 Å². The number of nitrogens with zero attached hydrogens (tertiary/aromatic N) is 3. The molecule has 0 saturated heterocycles. The Hall–Kier alpha value is -2.38. The quantitative estimate of drug-likeness (QED) is 0.904. The highest BCUT2D eigenvalue weighted by Crippen LogP contribution is 2.26. The van der Waals surface area contributed by atoms with E-state index in [1.165, 1.54) is 0 Å². The van der Waals surface area contributed by atoms with E-state index < -0.39 is 0 Å². The van der Waals surface area contributed by atoms with Crippen LogP contribution >= 0.6 is 0 Å². The third-order valence-electron chi connectivity index (χ3n) is 3.06. The molecule has 0 aliphatic carbocycles. The first-order valence-electron chi connectivity index (χ1n) is 6.52. The van der Waals surface area contributed by atoms with E-state index in [2.05, 4.69) is 11.1 Å². The van der Waals surface area contributed by atoms with Crippen LogP contribution in [0.3, 0.4) is 0 Å². The van der Waals surface area contributed by atoms with Gasteiger partial charge in [-0.3, -0.25) is 0 Å². The number of aryl methyl sites for hydroxylation is 1. The maximum atomic E-state index is 9.15. The van der Waals surface area contributed by atoms with E-state index in [0.717, 1.165) is 22.6 Å². The van der Waals surface area contributed by atoms with Gasteiger partial charge in [0.1, 0.15) is 5.82 Å². The predicted octanol–water partition coefficient (Wildman–Crippen LogP) is 2.93. The molecule has 0 aliphatic heterocycles. The summed E-state index contributed by atoms with van der Waals surface area (Å²) < 4.78 is 0. The van der Waals surface area contributed by atoms with Crippen molar-refractivity contribution in [2.24, 2.45) is 0 Å². The molecule has 102 valence electrons. The van der Waals surface area contributed by atoms with Crippen LogP contribution in [-0.4, -0.2) is 16.6 Å². The first kappa shape index (κ1) is 14.0. The Morgan fingerprint density at radius 3 is 2.65 bits per heavy atom. The first-order valence-corrected chi connectivity index (χ1v) is 6.52. The molecule has 0 unspecified atom stereocenters. The minimum absolute atomic E-state index is 0.0162. The average molecular weight is 267 g/mol. The van der Waals surface area contributed by atoms with Crippen molar-refractivity contribution in [2.75, 3.05) is 11.4 Å². The van der Waals surface area contributed by atoms with Crippen LogP contribution in [0.4, 0.5) is 11.5 Å². The van der Waals surface area contributed by atoms with Crippen LogP contribution in [-0.2, 0) is 6.61 Å². The highest BCUT2D eigenvalue weighted by molar-refractivity contribution is 5.62. The van der Waals surface area contributed by atoms with E-state index >= 15 is 0 Å². The Morgan fingerprint density at radius 1 is 1.30 bits per heavy atom. The molecule has 0 atom stereocenters. The molecule has 0 amide bonds. The summed E-state index contributed by atoms with van der Waals surface area (Å²) in [5.41, 5.74) is 2.79. The molecule has 2 aromatic rings. The van der Waals surface area contributed by atoms with E-state index in [1.54, 1.807) is 6.20 Å². The lowest BCUT2D eigenvalue weighted by Gasteiger charge is -2.24. The standard InChI is InChI=1S/C16H17N3O/c1-13-10-14(12-20)11-18-16(13)19(9-5-8-17)15-6-3-2-4-7-15/h2-4,6-7,10-11,20H,5,9,12H2,1H3. The molecule has 4 heteroatoms. The van der Waals surface area contributed by atoms with Crippen molar-refractivity contribution in [2.45, 2.75) is 20.0 Å². The molecule has 1 aromatic carbocycles. The predicted molar refractivity (Wildman–Crippen MR) is 78.6 cm³/mol. The van der Waals surface area contributed by atoms with Crippen molar-refractivity contribution in [1.82, 2.24) is 4.98 Å². The largest absolute Gasteiger partial charge is 0.392 e. The number of para-hydroxylation sites is 1. The number of anilines is 2. The van der Waals surface area contributed by atoms with Crippen LogP contribution in [0.15, 0.2) is 42.6 Å². The summed E-state index contributed by atoms with van der Waals surface area (Å²) in [6.45, 7) is 2.54. The number of hydrogen-bond acceptors (Lipinski definition) is 4. The number of aromatic nitrogens is 1. The Balaban J connectivity index is 2.39. The second-order valence-electron chi connectivity index (χ2n) is 4.54. The summed E-state index contributed by atoms with van der Waals surface area (Å²) in [5.74, 6) is 0.823. The molecule has 1 aromatic heterocycles. The van der Waals surface area contributed by atoms with Gasteiger partial charge in [0.2, 0.25) is 0 Å². The minimum atomic E-state index is -0.0162. The highest BCUT2D eigenvalue weighted by Gasteiger charge is 2.13. The van der Waals surface area contributed by atoms with Gasteiger partial charge in [0.15, 0.2) is 0 Å². The van der Waals surface area contributed by atoms with Crippen LogP contribution in [0.1, 0.15) is 17.5 Å². The van der Waals surface area contributed by atoms with Crippen molar-refractivity contribution in [3.05, 3.63) is 53.7 Å². The number of nitriles is 1. The molecule has 1 heterocycles. The zero-order chi connectivity index (χ0) is 14.4. The third kappa shape index (κ3) is 3.14. The fourth-order valence-electron chi connectivity index (χ4n) is 2.12. The van der Waals surface area contributed by atoms with Gasteiger partial charge in [0.25, 0.3) is 0 Å². The molecule has 20 heavy (non-hydrogen) atoms. The van der Waals surface area contributed by atoms with Gasteiger partial charge in [-0.2, -0.15) is 5.26 Å². The highest BCUT2D eigenvalue weighted by atomic mass is 16.3. The monoisotopic (exact) mass is 267 g/mol. The molecule has 0 radical (unpaired) electrons. The third-order valence-corrected chi connectivity index (χ3v) is 3.06. The number of aliphatic hydroxyl groups is 1. The number of benzene rings is 1. The van der Waals surface area contributed by atoms with Crippen LogP contribution in [0, 0.1) is 18.3 Å². The van der Waals surface area contributed by atoms with E-state index in [0.29, 0.717) is 13.0 Å². The van der Waals surface area contributed by atoms with Gasteiger partial charge >= 0.3 is 0 Å². The van der Waals surface area contributed by atoms with Gasteiger partial charge in [-0.05, 0) is 36.2 Å². The first-order chi connectivity index (χ1) is 9.76. The van der Waals surface area contributed by atoms with Gasteiger partial charge in [0.05, 0.1) is 19.1 Å². The van der Waals surface area contributed by atoms with E-state index in [1.807, 2.05) is 48.2 Å². The average Bonchev–Trinajstić information content (AvgIpc) is 2.50. The Morgan fingerprint density at radius 2 is 2.05 bits per heavy atom. The lowest BCUT2D eigenvalue weighted by atomic mass is 10.2. The molecule has 0 fully saturated rings. The number of aliphatic hydroxyl groups excluding tert-OH is 1. The van der Waals surface area contributed by atoms with Gasteiger partial charge in [-0.15, -0.1) is 0 Å². The topological polar surface area (TPSA) is 60.2 Å². The van der Waals surface area contributed by atoms with Gasteiger partial charge in [0, 0.05) is 18.4 Å². The van der Waals surface area contributed by atoms with Crippen molar-refractivity contribution in [3.63, 3.8) is 0 Å². The second kappa shape index (κ2) is 6.69. The number of hydrogen-bond donors (Lipinski definition) is 1. The lowest BCUT2D eigenvalue weighted by Crippen LogP contribution is -2.20. The van der Waals surface area contributed by atoms with E-state index in [4.69, 9.17) is 10.4 Å². The number of rotatable bonds is 5. The molecule has 1 N–H and O–H groups in total. The normalized spacial score (nSPS) is 10.1. The van der Waals surface area contributed by atoms with Crippen LogP contribution in [0.5, 0.6) is 0 Å². The fraction of sp³-hybridized carbons (Fsp3) is 0.250. The van der Waals surface area contributed by atoms with Gasteiger partial charge in [-0.1, -0.05) is 18.2 Å². The summed E-state index contributed by atoms with van der Waals surface area (Å²) in [5, 5.41) is 18.0. The Kier molecular flexibility index (Phi) is 4.70. The number of pyridine rings is 1. The summed E-state index contributed by atoms with van der Waals surface area (Å²) in [4.78, 5) is 6.46. The summed E-state index contributed by atoms with van der Waals surface area (Å²) in [6, 6.07) is 14.0. The molecule has 2 rings (SSSR count). The molecule has 0 bridgehead atoms. The van der Waals surface area contributed by atoms with E-state index in [-0.39, 0.29) is 6.61 Å². The molecule has 0 saturated carbocycles. The maximum absolute atomic E-state index is 9.15. The summed E-state index contributed by atoms with van der Waals surface area (Å²) in [7, 11) is 0. The van der Waals surface area contributed by atoms with Gasteiger partial charge < -0.3 is 10.0 Å². The molecule has 4 nitrogen and oxygen atoms in total. The van der Waals surface area contributed by atoms with Crippen LogP contribution in [0.2, 0.25) is 0 Å². The Labute approximate surface area is 118 Å². The minimum Gasteiger partial charge on any atom is -0.392 e. The van der Waals surface area contributed by atoms with E-state index in [9.17, 15) is 0 Å². The van der Waals surface area contributed by atoms with Crippen molar-refractivity contribution >= 4 is 11.5 Å². The fourth-order valence-corrected chi connectivity index (χ4v) is 2.12. The lowest BCUT2D eigenvalue weighted by molar-refractivity contribution is 0.281. The maximum Gasteiger partial charge on any atom is 0.135 e. The Bertz CT molecular complexity index is 605. The molecular weight excluding hydrogens is 250 g/mol. The van der Waals surface area contributed by atoms with Crippen molar-refractivity contribution in [1.29, 1.82) is 5.26 Å². The molecule has 0 spiro atoms. The molecule has 0 aliphatic rings. The zero-order valence-electron chi connectivity index (χ0n) is 11.5. The smallest absolute Gasteiger partial charge is 0.135 e. The zero-order valence-corrected chi connectivity index (χ0v) is 11.5.